The lowest BCUT2D eigenvalue weighted by Gasteiger charge is -2.30. The first kappa shape index (κ1) is 26.2. The molecule has 3 rings (SSSR count). The molecule has 0 saturated heterocycles. The van der Waals surface area contributed by atoms with Crippen molar-refractivity contribution in [2.45, 2.75) is 32.7 Å². The third kappa shape index (κ3) is 7.07. The lowest BCUT2D eigenvalue weighted by Crippen LogP contribution is -2.44. The maximum atomic E-state index is 14.2. The number of benzene rings is 2. The summed E-state index contributed by atoms with van der Waals surface area (Å²) in [6, 6.07) is 12.6. The molecule has 3 aromatic rings. The number of nitrogens with one attached hydrogen (secondary N) is 1. The summed E-state index contributed by atoms with van der Waals surface area (Å²) in [5.41, 5.74) is 0.638. The zero-order valence-corrected chi connectivity index (χ0v) is 20.3. The Labute approximate surface area is 208 Å². The Kier molecular flexibility index (Phi) is 8.89. The van der Waals surface area contributed by atoms with Crippen LogP contribution in [0.4, 0.5) is 4.39 Å². The Morgan fingerprint density at radius 1 is 1.17 bits per heavy atom. The van der Waals surface area contributed by atoms with Gasteiger partial charge in [-0.05, 0) is 62.1 Å². The Balaban J connectivity index is 1.84. The van der Waals surface area contributed by atoms with Crippen LogP contribution in [0.2, 0.25) is 5.02 Å². The highest BCUT2D eigenvalue weighted by atomic mass is 35.5. The van der Waals surface area contributed by atoms with Crippen LogP contribution in [0.15, 0.2) is 60.9 Å². The van der Waals surface area contributed by atoms with E-state index in [0.29, 0.717) is 29.2 Å². The molecule has 35 heavy (non-hydrogen) atoms. The van der Waals surface area contributed by atoms with Crippen molar-refractivity contribution in [3.8, 4) is 11.1 Å². The summed E-state index contributed by atoms with van der Waals surface area (Å²) >= 11 is 6.01. The largest absolute Gasteiger partial charge is 0.481 e. The molecule has 2 N–H and O–H groups in total. The van der Waals surface area contributed by atoms with E-state index in [-0.39, 0.29) is 24.7 Å². The molecule has 2 atom stereocenters. The Bertz CT molecular complexity index is 1160. The number of rotatable bonds is 11. The summed E-state index contributed by atoms with van der Waals surface area (Å²) in [6.07, 6.45) is 3.37. The summed E-state index contributed by atoms with van der Waals surface area (Å²) < 4.78 is 19.7. The number of carbonyl (C=O) groups excluding carboxylic acids is 1. The first-order chi connectivity index (χ1) is 16.7. The van der Waals surface area contributed by atoms with E-state index in [9.17, 15) is 19.1 Å². The van der Waals surface area contributed by atoms with Gasteiger partial charge in [-0.3, -0.25) is 9.59 Å². The quantitative estimate of drug-likeness (QED) is 0.393. The van der Waals surface area contributed by atoms with Crippen LogP contribution >= 0.6 is 11.6 Å². The van der Waals surface area contributed by atoms with Gasteiger partial charge in [0, 0.05) is 35.6 Å². The molecule has 0 aliphatic rings. The van der Waals surface area contributed by atoms with Crippen molar-refractivity contribution in [3.05, 3.63) is 83.2 Å². The van der Waals surface area contributed by atoms with Gasteiger partial charge < -0.3 is 15.2 Å². The Morgan fingerprint density at radius 2 is 1.86 bits per heavy atom. The van der Waals surface area contributed by atoms with Gasteiger partial charge in [0.25, 0.3) is 5.91 Å². The normalized spacial score (nSPS) is 13.6. The van der Waals surface area contributed by atoms with Crippen LogP contribution in [0.3, 0.4) is 0 Å². The summed E-state index contributed by atoms with van der Waals surface area (Å²) in [6.45, 7) is 3.76. The first-order valence-corrected chi connectivity index (χ1v) is 11.5. The number of carboxylic acids is 1. The van der Waals surface area contributed by atoms with Crippen molar-refractivity contribution in [2.24, 2.45) is 5.41 Å². The molecule has 184 valence electrons. The van der Waals surface area contributed by atoms with Crippen LogP contribution in [0.5, 0.6) is 0 Å². The number of carboxylic acid groups (broad SMARTS) is 1. The van der Waals surface area contributed by atoms with Crippen molar-refractivity contribution in [2.75, 3.05) is 13.2 Å². The van der Waals surface area contributed by atoms with Crippen LogP contribution < -0.4 is 5.32 Å². The number of carbonyl (C=O) groups is 2. The molecule has 9 heteroatoms. The Morgan fingerprint density at radius 3 is 2.49 bits per heavy atom. The number of amides is 1. The molecule has 0 spiro atoms. The van der Waals surface area contributed by atoms with Crippen molar-refractivity contribution in [3.63, 3.8) is 0 Å². The molecule has 0 aliphatic carbocycles. The van der Waals surface area contributed by atoms with Crippen LogP contribution in [0.1, 0.15) is 36.5 Å². The average Bonchev–Trinajstić information content (AvgIpc) is 2.85. The van der Waals surface area contributed by atoms with E-state index in [1.165, 1.54) is 24.5 Å². The van der Waals surface area contributed by atoms with E-state index in [4.69, 9.17) is 16.3 Å². The molecule has 2 unspecified atom stereocenters. The summed E-state index contributed by atoms with van der Waals surface area (Å²) in [5, 5.41) is 13.2. The van der Waals surface area contributed by atoms with Gasteiger partial charge in [0.1, 0.15) is 5.82 Å². The highest BCUT2D eigenvalue weighted by Gasteiger charge is 2.37. The molecular formula is C26H27ClFN3O4. The second-order valence-electron chi connectivity index (χ2n) is 8.48. The molecule has 1 aromatic heterocycles. The van der Waals surface area contributed by atoms with Crippen molar-refractivity contribution in [1.29, 1.82) is 0 Å². The second kappa shape index (κ2) is 11.9. The van der Waals surface area contributed by atoms with E-state index in [1.807, 2.05) is 12.1 Å². The SMILES string of the molecule is CCOCC(C)(CC(Cc1ccc(-c2cc(Cl)ccc2F)cc1)NC(=O)c1ncccn1)C(=O)O. The zero-order chi connectivity index (χ0) is 25.4. The topological polar surface area (TPSA) is 101 Å². The molecular weight excluding hydrogens is 473 g/mol. The first-order valence-electron chi connectivity index (χ1n) is 11.1. The minimum Gasteiger partial charge on any atom is -0.481 e. The summed E-state index contributed by atoms with van der Waals surface area (Å²) in [4.78, 5) is 32.8. The number of nitrogens with zero attached hydrogens (tertiary/aromatic N) is 2. The van der Waals surface area contributed by atoms with Gasteiger partial charge >= 0.3 is 5.97 Å². The minimum absolute atomic E-state index is 0.0000219. The number of hydrogen-bond acceptors (Lipinski definition) is 5. The number of ether oxygens (including phenoxy) is 1. The third-order valence-electron chi connectivity index (χ3n) is 5.62. The van der Waals surface area contributed by atoms with E-state index in [2.05, 4.69) is 15.3 Å². The molecule has 0 fully saturated rings. The summed E-state index contributed by atoms with van der Waals surface area (Å²) in [7, 11) is 0. The summed E-state index contributed by atoms with van der Waals surface area (Å²) in [5.74, 6) is -1.92. The average molecular weight is 500 g/mol. The standard InChI is InChI=1S/C26H27ClFN3O4/c1-3-35-16-26(2,25(33)34)15-20(31-24(32)23-29-11-4-12-30-23)13-17-5-7-18(8-6-17)21-14-19(27)9-10-22(21)28/h4-12,14,20H,3,13,15-16H2,1-2H3,(H,31,32)(H,33,34). The predicted octanol–water partition coefficient (Wildman–Crippen LogP) is 4.79. The fourth-order valence-electron chi connectivity index (χ4n) is 3.74. The van der Waals surface area contributed by atoms with Gasteiger partial charge in [0.2, 0.25) is 5.82 Å². The predicted molar refractivity (Wildman–Crippen MR) is 131 cm³/mol. The monoisotopic (exact) mass is 499 g/mol. The highest BCUT2D eigenvalue weighted by molar-refractivity contribution is 6.30. The van der Waals surface area contributed by atoms with Gasteiger partial charge in [0.05, 0.1) is 12.0 Å². The fraction of sp³-hybridized carbons (Fsp3) is 0.308. The van der Waals surface area contributed by atoms with Crippen LogP contribution in [-0.2, 0) is 16.0 Å². The van der Waals surface area contributed by atoms with Gasteiger partial charge in [-0.25, -0.2) is 14.4 Å². The lowest BCUT2D eigenvalue weighted by molar-refractivity contribution is -0.152. The van der Waals surface area contributed by atoms with Gasteiger partial charge in [0.15, 0.2) is 0 Å². The van der Waals surface area contributed by atoms with Crippen LogP contribution in [-0.4, -0.2) is 46.2 Å². The molecule has 0 aliphatic heterocycles. The lowest BCUT2D eigenvalue weighted by atomic mass is 9.82. The number of halogens is 2. The molecule has 1 amide bonds. The molecule has 0 saturated carbocycles. The van der Waals surface area contributed by atoms with E-state index in [1.54, 1.807) is 38.1 Å². The van der Waals surface area contributed by atoms with Crippen molar-refractivity contribution < 1.29 is 23.8 Å². The van der Waals surface area contributed by atoms with Crippen LogP contribution in [0, 0.1) is 11.2 Å². The number of aromatic nitrogens is 2. The minimum atomic E-state index is -1.23. The van der Waals surface area contributed by atoms with Crippen molar-refractivity contribution >= 4 is 23.5 Å². The zero-order valence-electron chi connectivity index (χ0n) is 19.5. The number of aliphatic carboxylic acids is 1. The maximum absolute atomic E-state index is 14.2. The van der Waals surface area contributed by atoms with Gasteiger partial charge in [-0.2, -0.15) is 0 Å². The molecule has 0 bridgehead atoms. The molecule has 7 nitrogen and oxygen atoms in total. The van der Waals surface area contributed by atoms with Gasteiger partial charge in [-0.1, -0.05) is 35.9 Å². The highest BCUT2D eigenvalue weighted by Crippen LogP contribution is 2.28. The number of hydrogen-bond donors (Lipinski definition) is 2. The van der Waals surface area contributed by atoms with E-state index < -0.39 is 23.3 Å². The molecule has 0 radical (unpaired) electrons. The van der Waals surface area contributed by atoms with Gasteiger partial charge in [-0.15, -0.1) is 0 Å². The fourth-order valence-corrected chi connectivity index (χ4v) is 3.92. The Hall–Kier alpha value is -3.36. The smallest absolute Gasteiger partial charge is 0.311 e. The van der Waals surface area contributed by atoms with Crippen molar-refractivity contribution in [1.82, 2.24) is 15.3 Å². The van der Waals surface area contributed by atoms with E-state index in [0.717, 1.165) is 5.56 Å². The maximum Gasteiger partial charge on any atom is 0.311 e. The molecule has 2 aromatic carbocycles. The second-order valence-corrected chi connectivity index (χ2v) is 8.91. The molecule has 1 heterocycles. The van der Waals surface area contributed by atoms with E-state index >= 15 is 0 Å². The van der Waals surface area contributed by atoms with Crippen LogP contribution in [0.25, 0.3) is 11.1 Å². The third-order valence-corrected chi connectivity index (χ3v) is 5.85.